The Bertz CT molecular complexity index is 1100. The van der Waals surface area contributed by atoms with Gasteiger partial charge in [-0.25, -0.2) is 4.98 Å². The van der Waals surface area contributed by atoms with E-state index in [0.29, 0.717) is 16.8 Å². The number of para-hydroxylation sites is 2. The van der Waals surface area contributed by atoms with E-state index in [1.165, 1.54) is 10.9 Å². The maximum atomic E-state index is 12.5. The minimum absolute atomic E-state index is 0.131. The number of benzene rings is 2. The molecule has 0 aliphatic heterocycles. The van der Waals surface area contributed by atoms with Crippen LogP contribution >= 0.6 is 0 Å². The second-order valence-electron chi connectivity index (χ2n) is 5.37. The van der Waals surface area contributed by atoms with Crippen molar-refractivity contribution in [3.8, 4) is 0 Å². The van der Waals surface area contributed by atoms with Crippen LogP contribution in [0.25, 0.3) is 22.1 Å². The maximum absolute atomic E-state index is 12.5. The summed E-state index contributed by atoms with van der Waals surface area (Å²) in [4.78, 5) is 28.9. The first kappa shape index (κ1) is 14.2. The second-order valence-corrected chi connectivity index (χ2v) is 5.37. The van der Waals surface area contributed by atoms with Crippen molar-refractivity contribution >= 4 is 33.7 Å². The van der Waals surface area contributed by atoms with Gasteiger partial charge in [0, 0.05) is 11.1 Å². The molecule has 2 aromatic carbocycles. The molecule has 118 valence electrons. The average molecular weight is 319 g/mol. The van der Waals surface area contributed by atoms with Gasteiger partial charge in [0.05, 0.1) is 6.33 Å². The molecule has 1 N–H and O–H groups in total. The van der Waals surface area contributed by atoms with Crippen LogP contribution in [0.4, 0.5) is 5.69 Å². The lowest BCUT2D eigenvalue weighted by molar-refractivity contribution is -0.116. The highest BCUT2D eigenvalue weighted by Crippen LogP contribution is 2.23. The van der Waals surface area contributed by atoms with Gasteiger partial charge in [0.25, 0.3) is 5.56 Å². The van der Waals surface area contributed by atoms with Crippen molar-refractivity contribution < 1.29 is 9.21 Å². The van der Waals surface area contributed by atoms with Gasteiger partial charge in [-0.1, -0.05) is 30.3 Å². The molecule has 1 amide bonds. The molecule has 0 aliphatic carbocycles. The standard InChI is InChI=1S/C18H13N3O3/c22-15(20-12-6-2-1-3-7-12)10-21-11-19-16-13-8-4-5-9-14(13)24-17(16)18(21)23/h1-9,11H,10H2,(H,20,22). The highest BCUT2D eigenvalue weighted by Gasteiger charge is 2.14. The molecular weight excluding hydrogens is 306 g/mol. The first-order valence-corrected chi connectivity index (χ1v) is 7.44. The number of rotatable bonds is 3. The Labute approximate surface area is 136 Å². The van der Waals surface area contributed by atoms with Crippen molar-refractivity contribution in [3.05, 3.63) is 71.3 Å². The van der Waals surface area contributed by atoms with E-state index in [1.807, 2.05) is 36.4 Å². The zero-order valence-corrected chi connectivity index (χ0v) is 12.6. The van der Waals surface area contributed by atoms with Crippen LogP contribution in [-0.4, -0.2) is 15.5 Å². The predicted octanol–water partition coefficient (Wildman–Crippen LogP) is 2.78. The largest absolute Gasteiger partial charge is 0.448 e. The summed E-state index contributed by atoms with van der Waals surface area (Å²) in [5.41, 5.74) is 1.57. The Morgan fingerprint density at radius 3 is 2.67 bits per heavy atom. The molecule has 0 aliphatic rings. The van der Waals surface area contributed by atoms with Crippen LogP contribution in [0, 0.1) is 0 Å². The summed E-state index contributed by atoms with van der Waals surface area (Å²) in [5, 5.41) is 3.52. The molecule has 4 rings (SSSR count). The summed E-state index contributed by atoms with van der Waals surface area (Å²) >= 11 is 0. The van der Waals surface area contributed by atoms with Gasteiger partial charge < -0.3 is 9.73 Å². The van der Waals surface area contributed by atoms with Crippen LogP contribution < -0.4 is 10.9 Å². The van der Waals surface area contributed by atoms with Crippen molar-refractivity contribution in [3.63, 3.8) is 0 Å². The third-order valence-electron chi connectivity index (χ3n) is 3.72. The number of hydrogen-bond donors (Lipinski definition) is 1. The van der Waals surface area contributed by atoms with Crippen LogP contribution in [0.5, 0.6) is 0 Å². The van der Waals surface area contributed by atoms with E-state index in [4.69, 9.17) is 4.42 Å². The fraction of sp³-hybridized carbons (Fsp3) is 0.0556. The molecule has 6 heteroatoms. The number of nitrogens with one attached hydrogen (secondary N) is 1. The topological polar surface area (TPSA) is 77.1 Å². The summed E-state index contributed by atoms with van der Waals surface area (Å²) < 4.78 is 6.84. The van der Waals surface area contributed by atoms with Crippen molar-refractivity contribution in [2.24, 2.45) is 0 Å². The van der Waals surface area contributed by atoms with Crippen LogP contribution in [0.2, 0.25) is 0 Å². The van der Waals surface area contributed by atoms with Crippen molar-refractivity contribution in [2.75, 3.05) is 5.32 Å². The Morgan fingerprint density at radius 2 is 1.83 bits per heavy atom. The molecule has 0 saturated carbocycles. The van der Waals surface area contributed by atoms with Gasteiger partial charge in [-0.05, 0) is 24.3 Å². The fourth-order valence-electron chi connectivity index (χ4n) is 2.60. The zero-order valence-electron chi connectivity index (χ0n) is 12.6. The molecule has 0 atom stereocenters. The summed E-state index contributed by atoms with van der Waals surface area (Å²) in [6.07, 6.45) is 1.37. The lowest BCUT2D eigenvalue weighted by Crippen LogP contribution is -2.27. The van der Waals surface area contributed by atoms with Crippen molar-refractivity contribution in [1.82, 2.24) is 9.55 Å². The van der Waals surface area contributed by atoms with Crippen LogP contribution in [0.3, 0.4) is 0 Å². The number of anilines is 1. The maximum Gasteiger partial charge on any atom is 0.297 e. The number of carbonyl (C=O) groups is 1. The Hall–Kier alpha value is -3.41. The molecular formula is C18H13N3O3. The molecule has 2 heterocycles. The molecule has 0 spiro atoms. The first-order valence-electron chi connectivity index (χ1n) is 7.44. The lowest BCUT2D eigenvalue weighted by atomic mass is 10.2. The van der Waals surface area contributed by atoms with Gasteiger partial charge in [0.1, 0.15) is 17.6 Å². The minimum Gasteiger partial charge on any atom is -0.448 e. The first-order chi connectivity index (χ1) is 11.7. The Morgan fingerprint density at radius 1 is 1.08 bits per heavy atom. The number of carbonyl (C=O) groups excluding carboxylic acids is 1. The van der Waals surface area contributed by atoms with Crippen LogP contribution in [0.1, 0.15) is 0 Å². The van der Waals surface area contributed by atoms with Gasteiger partial charge in [0.2, 0.25) is 11.5 Å². The van der Waals surface area contributed by atoms with E-state index in [0.717, 1.165) is 5.39 Å². The summed E-state index contributed by atoms with van der Waals surface area (Å²) in [6, 6.07) is 16.4. The van der Waals surface area contributed by atoms with Crippen LogP contribution in [0.15, 0.2) is 70.1 Å². The second kappa shape index (κ2) is 5.66. The molecule has 0 saturated heterocycles. The normalized spacial score (nSPS) is 11.0. The van der Waals surface area contributed by atoms with Gasteiger partial charge in [-0.15, -0.1) is 0 Å². The quantitative estimate of drug-likeness (QED) is 0.630. The van der Waals surface area contributed by atoms with E-state index in [2.05, 4.69) is 10.3 Å². The monoisotopic (exact) mass is 319 g/mol. The van der Waals surface area contributed by atoms with E-state index in [1.54, 1.807) is 18.2 Å². The zero-order chi connectivity index (χ0) is 16.5. The van der Waals surface area contributed by atoms with Gasteiger partial charge in [-0.2, -0.15) is 0 Å². The molecule has 0 radical (unpaired) electrons. The Kier molecular flexibility index (Phi) is 3.35. The number of nitrogens with zero attached hydrogens (tertiary/aromatic N) is 2. The summed E-state index contributed by atoms with van der Waals surface area (Å²) in [7, 11) is 0. The molecule has 0 unspecified atom stereocenters. The third kappa shape index (κ3) is 2.44. The number of aromatic nitrogens is 2. The van der Waals surface area contributed by atoms with Crippen molar-refractivity contribution in [2.45, 2.75) is 6.54 Å². The summed E-state index contributed by atoms with van der Waals surface area (Å²) in [5.74, 6) is -0.305. The predicted molar refractivity (Wildman–Crippen MR) is 90.8 cm³/mol. The minimum atomic E-state index is -0.376. The van der Waals surface area contributed by atoms with E-state index >= 15 is 0 Å². The molecule has 24 heavy (non-hydrogen) atoms. The van der Waals surface area contributed by atoms with Gasteiger partial charge >= 0.3 is 0 Å². The average Bonchev–Trinajstić information content (AvgIpc) is 2.98. The van der Waals surface area contributed by atoms with E-state index in [9.17, 15) is 9.59 Å². The smallest absolute Gasteiger partial charge is 0.297 e. The van der Waals surface area contributed by atoms with Crippen LogP contribution in [-0.2, 0) is 11.3 Å². The number of amides is 1. The van der Waals surface area contributed by atoms with E-state index in [-0.39, 0.29) is 23.6 Å². The number of fused-ring (bicyclic) bond motifs is 3. The van der Waals surface area contributed by atoms with E-state index < -0.39 is 0 Å². The molecule has 2 aromatic heterocycles. The van der Waals surface area contributed by atoms with Crippen molar-refractivity contribution in [1.29, 1.82) is 0 Å². The lowest BCUT2D eigenvalue weighted by Gasteiger charge is -2.06. The third-order valence-corrected chi connectivity index (χ3v) is 3.72. The van der Waals surface area contributed by atoms with Gasteiger partial charge in [0.15, 0.2) is 0 Å². The molecule has 6 nitrogen and oxygen atoms in total. The number of hydrogen-bond acceptors (Lipinski definition) is 4. The molecule has 4 aromatic rings. The summed E-state index contributed by atoms with van der Waals surface area (Å²) in [6.45, 7) is -0.131. The van der Waals surface area contributed by atoms with Gasteiger partial charge in [-0.3, -0.25) is 14.2 Å². The molecule has 0 bridgehead atoms. The fourth-order valence-corrected chi connectivity index (χ4v) is 2.60. The highest BCUT2D eigenvalue weighted by atomic mass is 16.3. The molecule has 0 fully saturated rings. The highest BCUT2D eigenvalue weighted by molar-refractivity contribution is 6.01. The Balaban J connectivity index is 1.67. The number of furan rings is 1. The SMILES string of the molecule is O=C(Cn1cnc2c(oc3ccccc32)c1=O)Nc1ccccc1.